The van der Waals surface area contributed by atoms with Gasteiger partial charge in [0.25, 0.3) is 0 Å². The fourth-order valence-corrected chi connectivity index (χ4v) is 4.43. The molecule has 1 amide bonds. The summed E-state index contributed by atoms with van der Waals surface area (Å²) in [6.07, 6.45) is 5.76. The molecular formula is C20H22N2O2S. The van der Waals surface area contributed by atoms with E-state index in [-0.39, 0.29) is 5.91 Å². The highest BCUT2D eigenvalue weighted by Gasteiger charge is 2.20. The third-order valence-electron chi connectivity index (χ3n) is 4.39. The molecule has 4 nitrogen and oxygen atoms in total. The lowest BCUT2D eigenvalue weighted by molar-refractivity contribution is -0.115. The van der Waals surface area contributed by atoms with Gasteiger partial charge in [-0.2, -0.15) is 5.26 Å². The second-order valence-electron chi connectivity index (χ2n) is 6.18. The maximum atomic E-state index is 12.4. The second kappa shape index (κ2) is 8.17. The third kappa shape index (κ3) is 4.21. The highest BCUT2D eigenvalue weighted by atomic mass is 32.1. The number of nitrogens with one attached hydrogen (secondary N) is 1. The van der Waals surface area contributed by atoms with Gasteiger partial charge in [-0.25, -0.2) is 0 Å². The number of aryl methyl sites for hydroxylation is 1. The van der Waals surface area contributed by atoms with Crippen molar-refractivity contribution in [1.82, 2.24) is 0 Å². The van der Waals surface area contributed by atoms with Crippen LogP contribution in [0, 0.1) is 11.3 Å². The number of thiophene rings is 1. The average Bonchev–Trinajstić information content (AvgIpc) is 2.77. The summed E-state index contributed by atoms with van der Waals surface area (Å²) in [6.45, 7) is 2.57. The molecule has 2 aromatic rings. The van der Waals surface area contributed by atoms with Crippen LogP contribution in [0.25, 0.3) is 0 Å². The summed E-state index contributed by atoms with van der Waals surface area (Å²) in [5, 5.41) is 13.2. The maximum Gasteiger partial charge on any atom is 0.229 e. The van der Waals surface area contributed by atoms with Crippen molar-refractivity contribution in [2.24, 2.45) is 0 Å². The standard InChI is InChI=1S/C20H22N2O2S/c1-2-24-15-10-8-14(9-11-15)12-19(23)22-20-17(13-21)16-6-4-3-5-7-18(16)25-20/h8-11H,2-7,12H2,1H3,(H,22,23). The Bertz CT molecular complexity index is 787. The number of ether oxygens (including phenoxy) is 1. The topological polar surface area (TPSA) is 62.1 Å². The van der Waals surface area contributed by atoms with Crippen LogP contribution in [0.1, 0.15) is 47.8 Å². The molecule has 25 heavy (non-hydrogen) atoms. The Kier molecular flexibility index (Phi) is 5.72. The molecule has 0 unspecified atom stereocenters. The zero-order valence-electron chi connectivity index (χ0n) is 14.4. The first-order valence-corrected chi connectivity index (χ1v) is 9.59. The van der Waals surface area contributed by atoms with E-state index in [4.69, 9.17) is 4.74 Å². The maximum absolute atomic E-state index is 12.4. The summed E-state index contributed by atoms with van der Waals surface area (Å²) in [7, 11) is 0. The monoisotopic (exact) mass is 354 g/mol. The number of anilines is 1. The molecule has 0 saturated heterocycles. The summed E-state index contributed by atoms with van der Waals surface area (Å²) in [5.74, 6) is 0.720. The smallest absolute Gasteiger partial charge is 0.229 e. The van der Waals surface area contributed by atoms with E-state index in [0.29, 0.717) is 23.6 Å². The van der Waals surface area contributed by atoms with Crippen molar-refractivity contribution in [2.45, 2.75) is 45.4 Å². The number of hydrogen-bond acceptors (Lipinski definition) is 4. The third-order valence-corrected chi connectivity index (χ3v) is 5.59. The van der Waals surface area contributed by atoms with Crippen LogP contribution in [0.15, 0.2) is 24.3 Å². The molecule has 3 rings (SSSR count). The Labute approximate surface area is 152 Å². The Morgan fingerprint density at radius 3 is 2.72 bits per heavy atom. The van der Waals surface area contributed by atoms with Gasteiger partial charge in [0.05, 0.1) is 18.6 Å². The predicted molar refractivity (Wildman–Crippen MR) is 100 cm³/mol. The highest BCUT2D eigenvalue weighted by molar-refractivity contribution is 7.16. The van der Waals surface area contributed by atoms with E-state index in [1.54, 1.807) is 11.3 Å². The van der Waals surface area contributed by atoms with Gasteiger partial charge >= 0.3 is 0 Å². The first-order valence-electron chi connectivity index (χ1n) is 8.77. The van der Waals surface area contributed by atoms with Gasteiger partial charge in [0.2, 0.25) is 5.91 Å². The van der Waals surface area contributed by atoms with Crippen molar-refractivity contribution in [2.75, 3.05) is 11.9 Å². The summed E-state index contributed by atoms with van der Waals surface area (Å²) in [4.78, 5) is 13.7. The van der Waals surface area contributed by atoms with Gasteiger partial charge in [-0.15, -0.1) is 11.3 Å². The van der Waals surface area contributed by atoms with Gasteiger partial charge in [-0.3, -0.25) is 4.79 Å². The molecular weight excluding hydrogens is 332 g/mol. The molecule has 1 heterocycles. The lowest BCUT2D eigenvalue weighted by Crippen LogP contribution is -2.14. The van der Waals surface area contributed by atoms with E-state index in [1.807, 2.05) is 31.2 Å². The number of carbonyl (C=O) groups excluding carboxylic acids is 1. The summed E-state index contributed by atoms with van der Waals surface area (Å²) >= 11 is 1.57. The van der Waals surface area contributed by atoms with Gasteiger partial charge in [-0.05, 0) is 55.9 Å². The molecule has 1 aliphatic carbocycles. The molecule has 0 bridgehead atoms. The largest absolute Gasteiger partial charge is 0.494 e. The average molecular weight is 354 g/mol. The molecule has 0 spiro atoms. The number of nitrogens with zero attached hydrogens (tertiary/aromatic N) is 1. The number of nitriles is 1. The van der Waals surface area contributed by atoms with Crippen molar-refractivity contribution in [1.29, 1.82) is 5.26 Å². The van der Waals surface area contributed by atoms with Crippen molar-refractivity contribution in [3.63, 3.8) is 0 Å². The molecule has 0 radical (unpaired) electrons. The number of benzene rings is 1. The van der Waals surface area contributed by atoms with E-state index in [2.05, 4.69) is 11.4 Å². The molecule has 0 fully saturated rings. The SMILES string of the molecule is CCOc1ccc(CC(=O)Nc2sc3c(c2C#N)CCCCC3)cc1. The van der Waals surface area contributed by atoms with Crippen LogP contribution in [-0.4, -0.2) is 12.5 Å². The quantitative estimate of drug-likeness (QED) is 0.806. The van der Waals surface area contributed by atoms with E-state index in [0.717, 1.165) is 42.6 Å². The van der Waals surface area contributed by atoms with Crippen molar-refractivity contribution in [3.8, 4) is 11.8 Å². The number of carbonyl (C=O) groups is 1. The van der Waals surface area contributed by atoms with Gasteiger partial charge in [-0.1, -0.05) is 18.6 Å². The Balaban J connectivity index is 1.69. The fraction of sp³-hybridized carbons (Fsp3) is 0.400. The fourth-order valence-electron chi connectivity index (χ4n) is 3.18. The molecule has 130 valence electrons. The van der Waals surface area contributed by atoms with Gasteiger partial charge in [0.15, 0.2) is 0 Å². The molecule has 1 aromatic carbocycles. The van der Waals surface area contributed by atoms with Gasteiger partial charge < -0.3 is 10.1 Å². The first-order chi connectivity index (χ1) is 12.2. The van der Waals surface area contributed by atoms with E-state index in [9.17, 15) is 10.1 Å². The number of hydrogen-bond donors (Lipinski definition) is 1. The van der Waals surface area contributed by atoms with Crippen LogP contribution in [0.2, 0.25) is 0 Å². The van der Waals surface area contributed by atoms with Crippen LogP contribution in [0.4, 0.5) is 5.00 Å². The minimum atomic E-state index is -0.0860. The summed E-state index contributed by atoms with van der Waals surface area (Å²) < 4.78 is 5.41. The Morgan fingerprint density at radius 2 is 2.00 bits per heavy atom. The van der Waals surface area contributed by atoms with Gasteiger partial charge in [0.1, 0.15) is 16.8 Å². The molecule has 1 aliphatic rings. The number of fused-ring (bicyclic) bond motifs is 1. The van der Waals surface area contributed by atoms with Crippen LogP contribution >= 0.6 is 11.3 Å². The molecule has 0 atom stereocenters. The minimum Gasteiger partial charge on any atom is -0.494 e. The van der Waals surface area contributed by atoms with E-state index in [1.165, 1.54) is 11.3 Å². The van der Waals surface area contributed by atoms with Crippen molar-refractivity contribution in [3.05, 3.63) is 45.8 Å². The highest BCUT2D eigenvalue weighted by Crippen LogP contribution is 2.37. The predicted octanol–water partition coefficient (Wildman–Crippen LogP) is 4.47. The molecule has 5 heteroatoms. The van der Waals surface area contributed by atoms with Crippen LogP contribution in [0.5, 0.6) is 5.75 Å². The lowest BCUT2D eigenvalue weighted by atomic mass is 10.1. The van der Waals surface area contributed by atoms with Crippen molar-refractivity contribution >= 4 is 22.2 Å². The number of amides is 1. The first kappa shape index (κ1) is 17.5. The Morgan fingerprint density at radius 1 is 1.24 bits per heavy atom. The van der Waals surface area contributed by atoms with E-state index >= 15 is 0 Å². The Hall–Kier alpha value is -2.32. The summed E-state index contributed by atoms with van der Waals surface area (Å²) in [5.41, 5.74) is 2.75. The zero-order valence-corrected chi connectivity index (χ0v) is 15.2. The van der Waals surface area contributed by atoms with Crippen LogP contribution in [0.3, 0.4) is 0 Å². The minimum absolute atomic E-state index is 0.0860. The van der Waals surface area contributed by atoms with Gasteiger partial charge in [0, 0.05) is 4.88 Å². The molecule has 0 saturated carbocycles. The normalized spacial score (nSPS) is 13.4. The number of rotatable bonds is 5. The molecule has 0 aliphatic heterocycles. The summed E-state index contributed by atoms with van der Waals surface area (Å²) in [6, 6.07) is 9.86. The molecule has 1 N–H and O–H groups in total. The van der Waals surface area contributed by atoms with E-state index < -0.39 is 0 Å². The molecule has 1 aromatic heterocycles. The van der Waals surface area contributed by atoms with Crippen LogP contribution < -0.4 is 10.1 Å². The lowest BCUT2D eigenvalue weighted by Gasteiger charge is -2.06. The van der Waals surface area contributed by atoms with Crippen molar-refractivity contribution < 1.29 is 9.53 Å². The zero-order chi connectivity index (χ0) is 17.6. The van der Waals surface area contributed by atoms with Crippen LogP contribution in [-0.2, 0) is 24.1 Å². The second-order valence-corrected chi connectivity index (χ2v) is 7.29.